The average molecular weight is 455 g/mol. The van der Waals surface area contributed by atoms with E-state index in [1.807, 2.05) is 41.3 Å². The lowest BCUT2D eigenvalue weighted by Crippen LogP contribution is -2.01. The van der Waals surface area contributed by atoms with E-state index in [9.17, 15) is 8.42 Å². The maximum absolute atomic E-state index is 11.8. The number of benzene rings is 3. The van der Waals surface area contributed by atoms with E-state index in [0.717, 1.165) is 28.2 Å². The zero-order valence-corrected chi connectivity index (χ0v) is 18.8. The summed E-state index contributed by atoms with van der Waals surface area (Å²) in [7, 11) is -3.26. The molecule has 1 aromatic heterocycles. The number of sulfone groups is 1. The summed E-state index contributed by atoms with van der Waals surface area (Å²) in [6, 6.07) is 24.6. The summed E-state index contributed by atoms with van der Waals surface area (Å²) in [6.45, 7) is 0. The fourth-order valence-corrected chi connectivity index (χ4v) is 4.31. The highest BCUT2D eigenvalue weighted by molar-refractivity contribution is 7.98. The SMILES string of the molecule is CSc1ccc(-c2cc(-c3ccc(Cl)cc3)nn2-c2ccc(S(C)(=O)=O)cc2)cc1. The van der Waals surface area contributed by atoms with Crippen LogP contribution in [-0.4, -0.2) is 30.7 Å². The van der Waals surface area contributed by atoms with E-state index in [1.54, 1.807) is 36.0 Å². The summed E-state index contributed by atoms with van der Waals surface area (Å²) in [5, 5.41) is 5.48. The van der Waals surface area contributed by atoms with Crippen molar-refractivity contribution in [2.45, 2.75) is 9.79 Å². The second kappa shape index (κ2) is 8.30. The Bertz CT molecular complexity index is 1280. The summed E-state index contributed by atoms with van der Waals surface area (Å²) in [5.41, 5.74) is 4.48. The lowest BCUT2D eigenvalue weighted by atomic mass is 10.1. The first-order chi connectivity index (χ1) is 14.3. The predicted molar refractivity (Wildman–Crippen MR) is 124 cm³/mol. The van der Waals surface area contributed by atoms with Crippen molar-refractivity contribution in [2.75, 3.05) is 12.5 Å². The fourth-order valence-electron chi connectivity index (χ4n) is 3.14. The molecule has 0 N–H and O–H groups in total. The molecule has 0 saturated carbocycles. The Kier molecular flexibility index (Phi) is 5.73. The molecule has 0 radical (unpaired) electrons. The van der Waals surface area contributed by atoms with E-state index in [1.165, 1.54) is 11.2 Å². The molecule has 4 rings (SSSR count). The third kappa shape index (κ3) is 4.31. The van der Waals surface area contributed by atoms with Crippen molar-refractivity contribution in [3.05, 3.63) is 83.9 Å². The highest BCUT2D eigenvalue weighted by Crippen LogP contribution is 2.30. The number of nitrogens with zero attached hydrogens (tertiary/aromatic N) is 2. The van der Waals surface area contributed by atoms with E-state index in [2.05, 4.69) is 24.3 Å². The molecule has 1 heterocycles. The molecule has 0 aliphatic rings. The maximum Gasteiger partial charge on any atom is 0.175 e. The lowest BCUT2D eigenvalue weighted by Gasteiger charge is -2.09. The lowest BCUT2D eigenvalue weighted by molar-refractivity contribution is 0.602. The van der Waals surface area contributed by atoms with Crippen molar-refractivity contribution in [2.24, 2.45) is 0 Å². The van der Waals surface area contributed by atoms with Crippen LogP contribution in [-0.2, 0) is 9.84 Å². The molecule has 0 saturated heterocycles. The molecule has 0 fully saturated rings. The van der Waals surface area contributed by atoms with Gasteiger partial charge in [0.15, 0.2) is 9.84 Å². The van der Waals surface area contributed by atoms with E-state index in [4.69, 9.17) is 16.7 Å². The van der Waals surface area contributed by atoms with Crippen LogP contribution in [0.15, 0.2) is 88.7 Å². The smallest absolute Gasteiger partial charge is 0.175 e. The van der Waals surface area contributed by atoms with Gasteiger partial charge in [0, 0.05) is 27.3 Å². The van der Waals surface area contributed by atoms with E-state index < -0.39 is 9.84 Å². The van der Waals surface area contributed by atoms with E-state index in [-0.39, 0.29) is 4.90 Å². The zero-order chi connectivity index (χ0) is 21.3. The van der Waals surface area contributed by atoms with Crippen molar-refractivity contribution >= 4 is 33.2 Å². The van der Waals surface area contributed by atoms with Gasteiger partial charge in [0.2, 0.25) is 0 Å². The minimum Gasteiger partial charge on any atom is -0.232 e. The average Bonchev–Trinajstić information content (AvgIpc) is 3.19. The Balaban J connectivity index is 1.85. The standard InChI is InChI=1S/C23H19ClN2O2S2/c1-29-20-11-5-17(6-12-20)23-15-22(16-3-7-18(24)8-4-16)25-26(23)19-9-13-21(14-10-19)30(2,27)28/h3-15H,1-2H3. The number of aromatic nitrogens is 2. The fraction of sp³-hybridized carbons (Fsp3) is 0.0870. The van der Waals surface area contributed by atoms with Gasteiger partial charge in [-0.1, -0.05) is 35.9 Å². The van der Waals surface area contributed by atoms with Crippen LogP contribution in [0.3, 0.4) is 0 Å². The first-order valence-electron chi connectivity index (χ1n) is 9.16. The van der Waals surface area contributed by atoms with Gasteiger partial charge >= 0.3 is 0 Å². The summed E-state index contributed by atoms with van der Waals surface area (Å²) in [5.74, 6) is 0. The quantitative estimate of drug-likeness (QED) is 0.348. The van der Waals surface area contributed by atoms with E-state index in [0.29, 0.717) is 5.02 Å². The van der Waals surface area contributed by atoms with Crippen LogP contribution < -0.4 is 0 Å². The molecular weight excluding hydrogens is 436 g/mol. The van der Waals surface area contributed by atoms with Gasteiger partial charge in [0.1, 0.15) is 0 Å². The van der Waals surface area contributed by atoms with Crippen molar-refractivity contribution in [3.63, 3.8) is 0 Å². The maximum atomic E-state index is 11.8. The summed E-state index contributed by atoms with van der Waals surface area (Å²) < 4.78 is 25.5. The van der Waals surface area contributed by atoms with E-state index >= 15 is 0 Å². The van der Waals surface area contributed by atoms with Crippen LogP contribution >= 0.6 is 23.4 Å². The summed E-state index contributed by atoms with van der Waals surface area (Å²) in [6.07, 6.45) is 3.24. The van der Waals surface area contributed by atoms with Crippen molar-refractivity contribution in [1.29, 1.82) is 0 Å². The Labute approximate surface area is 185 Å². The molecule has 0 atom stereocenters. The largest absolute Gasteiger partial charge is 0.232 e. The van der Waals surface area contributed by atoms with Crippen LogP contribution in [0, 0.1) is 0 Å². The first-order valence-corrected chi connectivity index (χ1v) is 12.7. The molecule has 0 amide bonds. The minimum atomic E-state index is -3.26. The number of rotatable bonds is 5. The molecule has 152 valence electrons. The second-order valence-electron chi connectivity index (χ2n) is 6.83. The molecule has 30 heavy (non-hydrogen) atoms. The van der Waals surface area contributed by atoms with Crippen molar-refractivity contribution in [3.8, 4) is 28.2 Å². The van der Waals surface area contributed by atoms with Crippen LogP contribution in [0.25, 0.3) is 28.2 Å². The molecular formula is C23H19ClN2O2S2. The zero-order valence-electron chi connectivity index (χ0n) is 16.4. The van der Waals surface area contributed by atoms with Crippen LogP contribution in [0.4, 0.5) is 0 Å². The summed E-state index contributed by atoms with van der Waals surface area (Å²) >= 11 is 7.72. The number of hydrogen-bond acceptors (Lipinski definition) is 4. The molecule has 0 aliphatic carbocycles. The van der Waals surface area contributed by atoms with Gasteiger partial charge in [-0.3, -0.25) is 0 Å². The molecule has 0 spiro atoms. The molecule has 4 nitrogen and oxygen atoms in total. The molecule has 0 bridgehead atoms. The van der Waals surface area contributed by atoms with Gasteiger partial charge < -0.3 is 0 Å². The molecule has 0 aliphatic heterocycles. The van der Waals surface area contributed by atoms with Crippen molar-refractivity contribution < 1.29 is 8.42 Å². The highest BCUT2D eigenvalue weighted by atomic mass is 35.5. The Morgan fingerprint density at radius 2 is 1.47 bits per heavy atom. The second-order valence-corrected chi connectivity index (χ2v) is 10.2. The Morgan fingerprint density at radius 1 is 0.867 bits per heavy atom. The third-order valence-corrected chi connectivity index (χ3v) is 6.87. The van der Waals surface area contributed by atoms with Crippen LogP contribution in [0.2, 0.25) is 5.02 Å². The van der Waals surface area contributed by atoms with Gasteiger partial charge in [-0.15, -0.1) is 11.8 Å². The monoisotopic (exact) mass is 454 g/mol. The molecule has 4 aromatic rings. The molecule has 7 heteroatoms. The van der Waals surface area contributed by atoms with Crippen LogP contribution in [0.5, 0.6) is 0 Å². The highest BCUT2D eigenvalue weighted by Gasteiger charge is 2.14. The van der Waals surface area contributed by atoms with Crippen molar-refractivity contribution in [1.82, 2.24) is 9.78 Å². The Morgan fingerprint density at radius 3 is 2.03 bits per heavy atom. The number of halogens is 1. The van der Waals surface area contributed by atoms with Gasteiger partial charge in [-0.2, -0.15) is 5.10 Å². The molecule has 0 unspecified atom stereocenters. The van der Waals surface area contributed by atoms with Gasteiger partial charge in [-0.05, 0) is 60.9 Å². The number of thioether (sulfide) groups is 1. The minimum absolute atomic E-state index is 0.280. The van der Waals surface area contributed by atoms with Crippen LogP contribution in [0.1, 0.15) is 0 Å². The normalized spacial score (nSPS) is 11.6. The summed E-state index contributed by atoms with van der Waals surface area (Å²) in [4.78, 5) is 1.46. The van der Waals surface area contributed by atoms with Gasteiger partial charge in [-0.25, -0.2) is 13.1 Å². The topological polar surface area (TPSA) is 52.0 Å². The number of hydrogen-bond donors (Lipinski definition) is 0. The van der Waals surface area contributed by atoms with Gasteiger partial charge in [0.25, 0.3) is 0 Å². The predicted octanol–water partition coefficient (Wildman–Crippen LogP) is 5.99. The van der Waals surface area contributed by atoms with Gasteiger partial charge in [0.05, 0.1) is 22.0 Å². The third-order valence-electron chi connectivity index (χ3n) is 4.74. The Hall–Kier alpha value is -2.54. The first kappa shape index (κ1) is 20.7. The molecule has 3 aromatic carbocycles.